The lowest BCUT2D eigenvalue weighted by Crippen LogP contribution is -1.84. The Kier molecular flexibility index (Phi) is 4.33. The van der Waals surface area contributed by atoms with Crippen molar-refractivity contribution in [2.24, 2.45) is 0 Å². The molecule has 0 unspecified atom stereocenters. The van der Waals surface area contributed by atoms with E-state index in [2.05, 4.69) is 17.6 Å². The zero-order chi connectivity index (χ0) is 9.52. The number of aromatic nitrogens is 1. The second-order valence-corrected chi connectivity index (χ2v) is 3.53. The largest absolute Gasteiger partial charge is 0.256 e. The molecule has 0 aliphatic heterocycles. The SMILES string of the molecule is C=CCSC(=CC)c1ccccn1. The highest BCUT2D eigenvalue weighted by atomic mass is 32.2. The minimum absolute atomic E-state index is 0.927. The van der Waals surface area contributed by atoms with Gasteiger partial charge in [-0.3, -0.25) is 4.98 Å². The van der Waals surface area contributed by atoms with Gasteiger partial charge in [0.15, 0.2) is 0 Å². The van der Waals surface area contributed by atoms with Gasteiger partial charge in [0, 0.05) is 16.9 Å². The van der Waals surface area contributed by atoms with Gasteiger partial charge in [0.25, 0.3) is 0 Å². The van der Waals surface area contributed by atoms with Crippen LogP contribution in [0.1, 0.15) is 12.6 Å². The van der Waals surface area contributed by atoms with E-state index in [-0.39, 0.29) is 0 Å². The number of rotatable bonds is 4. The molecule has 1 aromatic rings. The first-order chi connectivity index (χ1) is 6.38. The van der Waals surface area contributed by atoms with Crippen LogP contribution < -0.4 is 0 Å². The van der Waals surface area contributed by atoms with Crippen LogP contribution in [0.5, 0.6) is 0 Å². The predicted octanol–water partition coefficient (Wildman–Crippen LogP) is 3.36. The fourth-order valence-corrected chi connectivity index (χ4v) is 1.70. The first-order valence-electron chi connectivity index (χ1n) is 4.20. The second kappa shape index (κ2) is 5.60. The lowest BCUT2D eigenvalue weighted by Gasteiger charge is -2.02. The molecule has 1 aromatic heterocycles. The van der Waals surface area contributed by atoms with E-state index < -0.39 is 0 Å². The predicted molar refractivity (Wildman–Crippen MR) is 60.5 cm³/mol. The standard InChI is InChI=1S/C11H13NS/c1-3-9-13-11(4-2)10-7-5-6-8-12-10/h3-8H,1,9H2,2H3. The number of hydrogen-bond donors (Lipinski definition) is 0. The van der Waals surface area contributed by atoms with Crippen LogP contribution in [0.2, 0.25) is 0 Å². The van der Waals surface area contributed by atoms with Crippen LogP contribution in [0.4, 0.5) is 0 Å². The van der Waals surface area contributed by atoms with Gasteiger partial charge in [-0.05, 0) is 19.1 Å². The van der Waals surface area contributed by atoms with Crippen molar-refractivity contribution in [3.8, 4) is 0 Å². The molecular formula is C11H13NS. The van der Waals surface area contributed by atoms with Gasteiger partial charge in [-0.15, -0.1) is 18.3 Å². The minimum atomic E-state index is 0.927. The number of hydrogen-bond acceptors (Lipinski definition) is 2. The van der Waals surface area contributed by atoms with Crippen LogP contribution in [0.3, 0.4) is 0 Å². The molecule has 0 aliphatic rings. The Bertz CT molecular complexity index is 290. The number of allylic oxidation sites excluding steroid dienone is 1. The van der Waals surface area contributed by atoms with Crippen LogP contribution in [-0.2, 0) is 0 Å². The third-order valence-electron chi connectivity index (χ3n) is 1.54. The Morgan fingerprint density at radius 1 is 1.62 bits per heavy atom. The third-order valence-corrected chi connectivity index (χ3v) is 2.69. The average molecular weight is 191 g/mol. The van der Waals surface area contributed by atoms with E-state index in [1.807, 2.05) is 37.4 Å². The van der Waals surface area contributed by atoms with Crippen molar-refractivity contribution >= 4 is 16.7 Å². The Labute approximate surface area is 83.6 Å². The van der Waals surface area contributed by atoms with E-state index in [9.17, 15) is 0 Å². The molecule has 0 fully saturated rings. The number of thioether (sulfide) groups is 1. The van der Waals surface area contributed by atoms with Crippen LogP contribution in [0, 0.1) is 0 Å². The van der Waals surface area contributed by atoms with Crippen LogP contribution in [-0.4, -0.2) is 10.7 Å². The van der Waals surface area contributed by atoms with Gasteiger partial charge in [0.1, 0.15) is 0 Å². The smallest absolute Gasteiger partial charge is 0.0762 e. The quantitative estimate of drug-likeness (QED) is 0.677. The van der Waals surface area contributed by atoms with Gasteiger partial charge in [0.2, 0.25) is 0 Å². The average Bonchev–Trinajstić information content (AvgIpc) is 2.21. The van der Waals surface area contributed by atoms with Gasteiger partial charge in [-0.2, -0.15) is 0 Å². The van der Waals surface area contributed by atoms with E-state index in [4.69, 9.17) is 0 Å². The summed E-state index contributed by atoms with van der Waals surface area (Å²) in [5, 5.41) is 0. The summed E-state index contributed by atoms with van der Waals surface area (Å²) in [5.41, 5.74) is 1.04. The van der Waals surface area contributed by atoms with E-state index >= 15 is 0 Å². The molecule has 0 saturated carbocycles. The lowest BCUT2D eigenvalue weighted by molar-refractivity contribution is 1.29. The first-order valence-corrected chi connectivity index (χ1v) is 5.18. The molecule has 0 saturated heterocycles. The van der Waals surface area contributed by atoms with Crippen molar-refractivity contribution in [1.29, 1.82) is 0 Å². The Morgan fingerprint density at radius 2 is 2.46 bits per heavy atom. The van der Waals surface area contributed by atoms with Gasteiger partial charge in [0.05, 0.1) is 5.69 Å². The van der Waals surface area contributed by atoms with Crippen LogP contribution >= 0.6 is 11.8 Å². The maximum absolute atomic E-state index is 4.28. The van der Waals surface area contributed by atoms with Crippen molar-refractivity contribution in [1.82, 2.24) is 4.98 Å². The van der Waals surface area contributed by atoms with Crippen molar-refractivity contribution in [2.45, 2.75) is 6.92 Å². The van der Waals surface area contributed by atoms with Gasteiger partial charge in [-0.1, -0.05) is 18.2 Å². The lowest BCUT2D eigenvalue weighted by atomic mass is 10.3. The molecule has 1 nitrogen and oxygen atoms in total. The fourth-order valence-electron chi connectivity index (χ4n) is 0.962. The maximum atomic E-state index is 4.28. The highest BCUT2D eigenvalue weighted by Crippen LogP contribution is 2.25. The second-order valence-electron chi connectivity index (χ2n) is 2.47. The molecule has 2 heteroatoms. The molecule has 0 spiro atoms. The molecule has 68 valence electrons. The Morgan fingerprint density at radius 3 is 3.00 bits per heavy atom. The zero-order valence-corrected chi connectivity index (χ0v) is 8.55. The molecule has 1 heterocycles. The topological polar surface area (TPSA) is 12.9 Å². The molecule has 0 N–H and O–H groups in total. The minimum Gasteiger partial charge on any atom is -0.256 e. The van der Waals surface area contributed by atoms with E-state index in [0.717, 1.165) is 11.4 Å². The Hall–Kier alpha value is -1.02. The molecule has 0 bridgehead atoms. The zero-order valence-electron chi connectivity index (χ0n) is 7.73. The maximum Gasteiger partial charge on any atom is 0.0762 e. The van der Waals surface area contributed by atoms with E-state index in [0.29, 0.717) is 0 Å². The molecule has 0 amide bonds. The van der Waals surface area contributed by atoms with Crippen LogP contribution in [0.25, 0.3) is 4.91 Å². The van der Waals surface area contributed by atoms with Crippen molar-refractivity contribution in [3.05, 3.63) is 48.8 Å². The summed E-state index contributed by atoms with van der Waals surface area (Å²) >= 11 is 1.76. The molecule has 1 rings (SSSR count). The van der Waals surface area contributed by atoms with Gasteiger partial charge < -0.3 is 0 Å². The van der Waals surface area contributed by atoms with Crippen LogP contribution in [0.15, 0.2) is 43.1 Å². The van der Waals surface area contributed by atoms with Crippen molar-refractivity contribution < 1.29 is 0 Å². The molecular weight excluding hydrogens is 178 g/mol. The van der Waals surface area contributed by atoms with Crippen molar-refractivity contribution in [2.75, 3.05) is 5.75 Å². The van der Waals surface area contributed by atoms with Gasteiger partial charge in [-0.25, -0.2) is 0 Å². The molecule has 0 aromatic carbocycles. The molecule has 0 atom stereocenters. The molecule has 0 radical (unpaired) electrons. The summed E-state index contributed by atoms with van der Waals surface area (Å²) in [6, 6.07) is 5.95. The van der Waals surface area contributed by atoms with E-state index in [1.165, 1.54) is 4.91 Å². The van der Waals surface area contributed by atoms with E-state index in [1.54, 1.807) is 11.8 Å². The van der Waals surface area contributed by atoms with Crippen molar-refractivity contribution in [3.63, 3.8) is 0 Å². The number of pyridine rings is 1. The third kappa shape index (κ3) is 3.07. The highest BCUT2D eigenvalue weighted by Gasteiger charge is 1.99. The Balaban J connectivity index is 2.74. The number of nitrogens with zero attached hydrogens (tertiary/aromatic N) is 1. The monoisotopic (exact) mass is 191 g/mol. The highest BCUT2D eigenvalue weighted by molar-refractivity contribution is 8.08. The summed E-state index contributed by atoms with van der Waals surface area (Å²) in [4.78, 5) is 5.49. The first kappa shape index (κ1) is 10.1. The van der Waals surface area contributed by atoms with Gasteiger partial charge >= 0.3 is 0 Å². The molecule has 13 heavy (non-hydrogen) atoms. The summed E-state index contributed by atoms with van der Waals surface area (Å²) < 4.78 is 0. The summed E-state index contributed by atoms with van der Waals surface area (Å²) in [5.74, 6) is 0.927. The summed E-state index contributed by atoms with van der Waals surface area (Å²) in [6.07, 6.45) is 5.79. The molecule has 0 aliphatic carbocycles. The fraction of sp³-hybridized carbons (Fsp3) is 0.182. The summed E-state index contributed by atoms with van der Waals surface area (Å²) in [6.45, 7) is 5.72. The summed E-state index contributed by atoms with van der Waals surface area (Å²) in [7, 11) is 0. The normalized spacial score (nSPS) is 11.3.